The third-order valence-corrected chi connectivity index (χ3v) is 2.24. The molecule has 0 aromatic rings. The van der Waals surface area contributed by atoms with E-state index in [2.05, 4.69) is 11.2 Å². The molecular weight excluding hydrogens is 176 g/mol. The lowest BCUT2D eigenvalue weighted by Gasteiger charge is -2.25. The molecule has 0 aliphatic rings. The van der Waals surface area contributed by atoms with E-state index in [1.807, 2.05) is 6.07 Å². The second-order valence-electron chi connectivity index (χ2n) is 4.02. The smallest absolute Gasteiger partial charge is 0.241 e. The molecule has 1 amide bonds. The zero-order chi connectivity index (χ0) is 11.4. The van der Waals surface area contributed by atoms with Gasteiger partial charge in [0, 0.05) is 0 Å². The first-order valence-corrected chi connectivity index (χ1v) is 4.53. The molecule has 0 rings (SSSR count). The predicted octanol–water partition coefficient (Wildman–Crippen LogP) is 1.45. The molecule has 0 aliphatic heterocycles. The van der Waals surface area contributed by atoms with Crippen molar-refractivity contribution in [2.45, 2.75) is 39.7 Å². The van der Waals surface area contributed by atoms with Gasteiger partial charge in [-0.05, 0) is 27.2 Å². The molecule has 0 aromatic heterocycles. The second kappa shape index (κ2) is 4.15. The maximum atomic E-state index is 11.7. The number of nitriles is 1. The van der Waals surface area contributed by atoms with Crippen LogP contribution in [0.1, 0.15) is 34.1 Å². The van der Waals surface area contributed by atoms with Crippen LogP contribution in [0.5, 0.6) is 0 Å². The molecule has 0 bridgehead atoms. The molecular formula is C11H16N2O. The van der Waals surface area contributed by atoms with E-state index in [0.29, 0.717) is 6.42 Å². The predicted molar refractivity (Wildman–Crippen MR) is 55.1 cm³/mol. The fourth-order valence-electron chi connectivity index (χ4n) is 0.748. The van der Waals surface area contributed by atoms with Gasteiger partial charge in [0.1, 0.15) is 5.41 Å². The Bertz CT molecular complexity index is 306. The number of terminal acetylenes is 1. The van der Waals surface area contributed by atoms with Gasteiger partial charge in [0.05, 0.1) is 11.6 Å². The van der Waals surface area contributed by atoms with Crippen LogP contribution in [0.25, 0.3) is 0 Å². The average Bonchev–Trinajstić information content (AvgIpc) is 2.16. The van der Waals surface area contributed by atoms with Crippen LogP contribution in [0.15, 0.2) is 0 Å². The number of hydrogen-bond donors (Lipinski definition) is 1. The Kier molecular flexibility index (Phi) is 3.71. The van der Waals surface area contributed by atoms with Crippen molar-refractivity contribution >= 4 is 5.91 Å². The Labute approximate surface area is 85.5 Å². The van der Waals surface area contributed by atoms with E-state index in [1.165, 1.54) is 0 Å². The molecule has 0 aliphatic carbocycles. The maximum absolute atomic E-state index is 11.7. The molecule has 0 saturated heterocycles. The summed E-state index contributed by atoms with van der Waals surface area (Å²) in [6, 6.07) is 1.99. The Morgan fingerprint density at radius 3 is 2.29 bits per heavy atom. The van der Waals surface area contributed by atoms with E-state index in [-0.39, 0.29) is 5.91 Å². The summed E-state index contributed by atoms with van der Waals surface area (Å²) in [7, 11) is 0. The van der Waals surface area contributed by atoms with Gasteiger partial charge in [-0.2, -0.15) is 5.26 Å². The average molecular weight is 192 g/mol. The highest BCUT2D eigenvalue weighted by molar-refractivity contribution is 5.85. The molecule has 14 heavy (non-hydrogen) atoms. The molecule has 0 fully saturated rings. The van der Waals surface area contributed by atoms with E-state index in [9.17, 15) is 4.79 Å². The van der Waals surface area contributed by atoms with Crippen molar-refractivity contribution in [1.82, 2.24) is 5.32 Å². The van der Waals surface area contributed by atoms with E-state index in [1.54, 1.807) is 27.7 Å². The van der Waals surface area contributed by atoms with E-state index in [4.69, 9.17) is 11.7 Å². The van der Waals surface area contributed by atoms with Gasteiger partial charge in [0.2, 0.25) is 5.91 Å². The fourth-order valence-corrected chi connectivity index (χ4v) is 0.748. The Balaban J connectivity index is 4.69. The second-order valence-corrected chi connectivity index (χ2v) is 4.02. The summed E-state index contributed by atoms with van der Waals surface area (Å²) >= 11 is 0. The van der Waals surface area contributed by atoms with Crippen molar-refractivity contribution in [1.29, 1.82) is 5.26 Å². The minimum Gasteiger partial charge on any atom is -0.339 e. The highest BCUT2D eigenvalue weighted by Crippen LogP contribution is 2.20. The summed E-state index contributed by atoms with van der Waals surface area (Å²) < 4.78 is 0. The van der Waals surface area contributed by atoms with Crippen LogP contribution < -0.4 is 5.32 Å². The monoisotopic (exact) mass is 192 g/mol. The van der Waals surface area contributed by atoms with Gasteiger partial charge < -0.3 is 5.32 Å². The van der Waals surface area contributed by atoms with Crippen LogP contribution >= 0.6 is 0 Å². The summed E-state index contributed by atoms with van der Waals surface area (Å²) in [6.07, 6.45) is 5.70. The van der Waals surface area contributed by atoms with Gasteiger partial charge in [-0.25, -0.2) is 0 Å². The topological polar surface area (TPSA) is 52.9 Å². The lowest BCUT2D eigenvalue weighted by molar-refractivity contribution is -0.128. The number of hydrogen-bond acceptors (Lipinski definition) is 2. The number of nitrogens with one attached hydrogen (secondary N) is 1. The quantitative estimate of drug-likeness (QED) is 0.688. The number of nitrogens with zero attached hydrogens (tertiary/aromatic N) is 1. The maximum Gasteiger partial charge on any atom is 0.241 e. The van der Waals surface area contributed by atoms with Gasteiger partial charge in [-0.1, -0.05) is 12.8 Å². The van der Waals surface area contributed by atoms with E-state index < -0.39 is 11.0 Å². The zero-order valence-corrected chi connectivity index (χ0v) is 9.14. The zero-order valence-electron chi connectivity index (χ0n) is 9.14. The van der Waals surface area contributed by atoms with Gasteiger partial charge in [0.15, 0.2) is 0 Å². The van der Waals surface area contributed by atoms with Gasteiger partial charge in [0.25, 0.3) is 0 Å². The normalized spacial score (nSPS) is 14.7. The largest absolute Gasteiger partial charge is 0.339 e. The number of carbonyl (C=O) groups is 1. The van der Waals surface area contributed by atoms with Crippen LogP contribution in [-0.4, -0.2) is 11.4 Å². The summed E-state index contributed by atoms with van der Waals surface area (Å²) in [5.74, 6) is 2.14. The van der Waals surface area contributed by atoms with Crippen LogP contribution in [0.2, 0.25) is 0 Å². The van der Waals surface area contributed by atoms with Crippen LogP contribution in [0.4, 0.5) is 0 Å². The number of rotatable bonds is 3. The standard InChI is InChI=1S/C11H16N2O/c1-6-10(3,4)13-9(14)11(5,7-2)8-12/h1H,7H2,2-5H3,(H,13,14). The molecule has 1 N–H and O–H groups in total. The molecule has 3 heteroatoms. The highest BCUT2D eigenvalue weighted by Gasteiger charge is 2.33. The number of amides is 1. The van der Waals surface area contributed by atoms with Gasteiger partial charge in [-0.15, -0.1) is 6.42 Å². The van der Waals surface area contributed by atoms with Crippen molar-refractivity contribution in [3.05, 3.63) is 0 Å². The molecule has 0 aromatic carbocycles. The van der Waals surface area contributed by atoms with Crippen molar-refractivity contribution in [2.24, 2.45) is 5.41 Å². The molecule has 3 nitrogen and oxygen atoms in total. The summed E-state index contributed by atoms with van der Waals surface area (Å²) in [6.45, 7) is 6.84. The lowest BCUT2D eigenvalue weighted by atomic mass is 9.87. The first-order valence-electron chi connectivity index (χ1n) is 4.53. The minimum absolute atomic E-state index is 0.314. The SMILES string of the molecule is C#CC(C)(C)NC(=O)C(C)(C#N)CC. The van der Waals surface area contributed by atoms with Crippen molar-refractivity contribution in [3.63, 3.8) is 0 Å². The molecule has 1 unspecified atom stereocenters. The van der Waals surface area contributed by atoms with Crippen LogP contribution in [-0.2, 0) is 4.79 Å². The van der Waals surface area contributed by atoms with Gasteiger partial charge in [-0.3, -0.25) is 4.79 Å². The van der Waals surface area contributed by atoms with Crippen molar-refractivity contribution in [2.75, 3.05) is 0 Å². The highest BCUT2D eigenvalue weighted by atomic mass is 16.2. The number of carbonyl (C=O) groups excluding carboxylic acids is 1. The summed E-state index contributed by atoms with van der Waals surface area (Å²) in [5, 5.41) is 11.5. The minimum atomic E-state index is -0.992. The molecule has 1 atom stereocenters. The molecule has 0 saturated carbocycles. The molecule has 76 valence electrons. The Morgan fingerprint density at radius 1 is 1.50 bits per heavy atom. The molecule has 0 heterocycles. The first kappa shape index (κ1) is 12.5. The lowest BCUT2D eigenvalue weighted by Crippen LogP contribution is -2.48. The summed E-state index contributed by atoms with van der Waals surface area (Å²) in [5.41, 5.74) is -1.70. The van der Waals surface area contributed by atoms with E-state index in [0.717, 1.165) is 0 Å². The molecule has 0 spiro atoms. The van der Waals surface area contributed by atoms with Crippen molar-refractivity contribution in [3.8, 4) is 18.4 Å². The Hall–Kier alpha value is -1.48. The third kappa shape index (κ3) is 2.78. The van der Waals surface area contributed by atoms with E-state index >= 15 is 0 Å². The van der Waals surface area contributed by atoms with Crippen molar-refractivity contribution < 1.29 is 4.79 Å². The fraction of sp³-hybridized carbons (Fsp3) is 0.636. The summed E-state index contributed by atoms with van der Waals surface area (Å²) in [4.78, 5) is 11.7. The van der Waals surface area contributed by atoms with Crippen LogP contribution in [0.3, 0.4) is 0 Å². The first-order chi connectivity index (χ1) is 6.31. The Morgan fingerprint density at radius 2 is 2.00 bits per heavy atom. The van der Waals surface area contributed by atoms with Gasteiger partial charge >= 0.3 is 0 Å². The van der Waals surface area contributed by atoms with Crippen LogP contribution in [0, 0.1) is 29.1 Å². The third-order valence-electron chi connectivity index (χ3n) is 2.24. The molecule has 0 radical (unpaired) electrons.